The van der Waals surface area contributed by atoms with Crippen LogP contribution in [0.4, 0.5) is 5.69 Å². The molecular formula is C29H31N3O4. The topological polar surface area (TPSA) is 65.8 Å². The van der Waals surface area contributed by atoms with Gasteiger partial charge in [0, 0.05) is 31.1 Å². The number of nitrogens with zero attached hydrogens (tertiary/aromatic N) is 3. The Kier molecular flexibility index (Phi) is 7.07. The second-order valence-electron chi connectivity index (χ2n) is 8.82. The van der Waals surface area contributed by atoms with E-state index in [0.717, 1.165) is 52.8 Å². The highest BCUT2D eigenvalue weighted by molar-refractivity contribution is 5.96. The maximum absolute atomic E-state index is 13.0. The molecule has 4 aromatic rings. The average Bonchev–Trinajstić information content (AvgIpc) is 3.48. The quantitative estimate of drug-likeness (QED) is 0.280. The molecule has 7 heteroatoms. The largest absolute Gasteiger partial charge is 0.497 e. The zero-order valence-corrected chi connectivity index (χ0v) is 20.7. The molecule has 0 bridgehead atoms. The van der Waals surface area contributed by atoms with Gasteiger partial charge >= 0.3 is 0 Å². The summed E-state index contributed by atoms with van der Waals surface area (Å²) in [6, 6.07) is 23.5. The lowest BCUT2D eigenvalue weighted by molar-refractivity contribution is -0.117. The standard InChI is InChI=1S/C29H31N3O4/c1-3-35-24-11-9-22(10-12-24)32-20-21(19-28(32)33)29-30-26-7-4-5-8-27(26)31(29)17-6-18-36-25-15-13-23(34-2)14-16-25/h4-5,7-16,21H,3,6,17-20H2,1-2H3/t21-/m0/s1. The predicted molar refractivity (Wildman–Crippen MR) is 140 cm³/mol. The summed E-state index contributed by atoms with van der Waals surface area (Å²) in [4.78, 5) is 19.8. The van der Waals surface area contributed by atoms with E-state index < -0.39 is 0 Å². The van der Waals surface area contributed by atoms with Crippen LogP contribution in [0, 0.1) is 0 Å². The lowest BCUT2D eigenvalue weighted by Gasteiger charge is -2.18. The fraction of sp³-hybridized carbons (Fsp3) is 0.310. The molecule has 0 aliphatic carbocycles. The van der Waals surface area contributed by atoms with Crippen molar-refractivity contribution in [3.63, 3.8) is 0 Å². The van der Waals surface area contributed by atoms with Crippen LogP contribution in [-0.4, -0.2) is 42.3 Å². The molecule has 36 heavy (non-hydrogen) atoms. The number of carbonyl (C=O) groups excluding carboxylic acids is 1. The smallest absolute Gasteiger partial charge is 0.227 e. The molecule has 7 nitrogen and oxygen atoms in total. The molecule has 0 saturated carbocycles. The summed E-state index contributed by atoms with van der Waals surface area (Å²) in [6.07, 6.45) is 1.27. The summed E-state index contributed by atoms with van der Waals surface area (Å²) in [5, 5.41) is 0. The molecule has 1 amide bonds. The highest BCUT2D eigenvalue weighted by atomic mass is 16.5. The van der Waals surface area contributed by atoms with E-state index in [9.17, 15) is 4.79 Å². The summed E-state index contributed by atoms with van der Waals surface area (Å²) < 4.78 is 18.9. The van der Waals surface area contributed by atoms with Gasteiger partial charge in [0.2, 0.25) is 5.91 Å². The van der Waals surface area contributed by atoms with E-state index in [1.165, 1.54) is 0 Å². The van der Waals surface area contributed by atoms with Gasteiger partial charge in [0.15, 0.2) is 0 Å². The Morgan fingerprint density at radius 2 is 1.61 bits per heavy atom. The van der Waals surface area contributed by atoms with E-state index in [1.54, 1.807) is 7.11 Å². The van der Waals surface area contributed by atoms with Crippen molar-refractivity contribution in [2.75, 3.05) is 31.8 Å². The number of imidazole rings is 1. The van der Waals surface area contributed by atoms with Crippen molar-refractivity contribution in [1.29, 1.82) is 0 Å². The van der Waals surface area contributed by atoms with Crippen LogP contribution in [0.15, 0.2) is 72.8 Å². The molecule has 0 radical (unpaired) electrons. The van der Waals surface area contributed by atoms with Gasteiger partial charge in [-0.15, -0.1) is 0 Å². The predicted octanol–water partition coefficient (Wildman–Crippen LogP) is 5.43. The van der Waals surface area contributed by atoms with Crippen molar-refractivity contribution in [1.82, 2.24) is 9.55 Å². The number of ether oxygens (including phenoxy) is 3. The van der Waals surface area contributed by atoms with Crippen LogP contribution in [0.25, 0.3) is 11.0 Å². The number of methoxy groups -OCH3 is 1. The normalized spacial score (nSPS) is 15.4. The number of carbonyl (C=O) groups is 1. The van der Waals surface area contributed by atoms with Crippen LogP contribution in [-0.2, 0) is 11.3 Å². The summed E-state index contributed by atoms with van der Waals surface area (Å²) >= 11 is 0. The van der Waals surface area contributed by atoms with Gasteiger partial charge in [0.25, 0.3) is 0 Å². The number of rotatable bonds is 10. The molecule has 0 spiro atoms. The van der Waals surface area contributed by atoms with Gasteiger partial charge in [0.05, 0.1) is 31.4 Å². The minimum absolute atomic E-state index is 0.0268. The first-order valence-corrected chi connectivity index (χ1v) is 12.4. The van der Waals surface area contributed by atoms with Crippen LogP contribution in [0.2, 0.25) is 0 Å². The highest BCUT2D eigenvalue weighted by Crippen LogP contribution is 2.34. The second-order valence-corrected chi connectivity index (χ2v) is 8.82. The minimum atomic E-state index is 0.0268. The lowest BCUT2D eigenvalue weighted by Crippen LogP contribution is -2.24. The molecule has 1 aliphatic rings. The van der Waals surface area contributed by atoms with Gasteiger partial charge in [0.1, 0.15) is 23.1 Å². The van der Waals surface area contributed by atoms with Gasteiger partial charge in [-0.25, -0.2) is 4.98 Å². The van der Waals surface area contributed by atoms with E-state index >= 15 is 0 Å². The van der Waals surface area contributed by atoms with Crippen molar-refractivity contribution in [2.45, 2.75) is 32.2 Å². The molecule has 1 saturated heterocycles. The average molecular weight is 486 g/mol. The molecule has 1 aromatic heterocycles. The third kappa shape index (κ3) is 5.00. The number of benzene rings is 3. The fourth-order valence-electron chi connectivity index (χ4n) is 4.74. The summed E-state index contributed by atoms with van der Waals surface area (Å²) in [5.41, 5.74) is 2.93. The molecule has 186 valence electrons. The zero-order chi connectivity index (χ0) is 24.9. The molecule has 2 heterocycles. The number of anilines is 1. The Balaban J connectivity index is 1.30. The Labute approximate surface area is 211 Å². The van der Waals surface area contributed by atoms with Crippen LogP contribution in [0.5, 0.6) is 17.2 Å². The Hall–Kier alpha value is -4.00. The minimum Gasteiger partial charge on any atom is -0.497 e. The highest BCUT2D eigenvalue weighted by Gasteiger charge is 2.34. The van der Waals surface area contributed by atoms with Crippen molar-refractivity contribution in [3.8, 4) is 17.2 Å². The van der Waals surface area contributed by atoms with Crippen LogP contribution in [0.1, 0.15) is 31.5 Å². The Morgan fingerprint density at radius 1 is 0.917 bits per heavy atom. The number of aromatic nitrogens is 2. The summed E-state index contributed by atoms with van der Waals surface area (Å²) in [5.74, 6) is 3.54. The van der Waals surface area contributed by atoms with E-state index in [-0.39, 0.29) is 11.8 Å². The maximum Gasteiger partial charge on any atom is 0.227 e. The monoisotopic (exact) mass is 485 g/mol. The molecule has 1 fully saturated rings. The molecule has 5 rings (SSSR count). The van der Waals surface area contributed by atoms with Gasteiger partial charge in [-0.3, -0.25) is 4.79 Å². The molecule has 1 atom stereocenters. The second kappa shape index (κ2) is 10.7. The van der Waals surface area contributed by atoms with E-state index in [1.807, 2.05) is 78.6 Å². The first-order valence-electron chi connectivity index (χ1n) is 12.4. The fourth-order valence-corrected chi connectivity index (χ4v) is 4.74. The SMILES string of the molecule is CCOc1ccc(N2C[C@@H](c3nc4ccccc4n3CCCOc3ccc(OC)cc3)CC2=O)cc1. The first-order chi connectivity index (χ1) is 17.7. The Morgan fingerprint density at radius 3 is 2.36 bits per heavy atom. The number of hydrogen-bond donors (Lipinski definition) is 0. The maximum atomic E-state index is 13.0. The third-order valence-corrected chi connectivity index (χ3v) is 6.49. The third-order valence-electron chi connectivity index (χ3n) is 6.49. The van der Waals surface area contributed by atoms with Crippen LogP contribution in [0.3, 0.4) is 0 Å². The van der Waals surface area contributed by atoms with E-state index in [0.29, 0.717) is 26.2 Å². The molecule has 3 aromatic carbocycles. The van der Waals surface area contributed by atoms with Crippen LogP contribution < -0.4 is 19.1 Å². The van der Waals surface area contributed by atoms with Crippen LogP contribution >= 0.6 is 0 Å². The summed E-state index contributed by atoms with van der Waals surface area (Å²) in [7, 11) is 1.65. The van der Waals surface area contributed by atoms with E-state index in [4.69, 9.17) is 19.2 Å². The number of para-hydroxylation sites is 2. The van der Waals surface area contributed by atoms with Crippen molar-refractivity contribution in [2.24, 2.45) is 0 Å². The summed E-state index contributed by atoms with van der Waals surface area (Å²) in [6.45, 7) is 4.53. The van der Waals surface area contributed by atoms with Gasteiger partial charge in [-0.2, -0.15) is 0 Å². The molecule has 0 unspecified atom stereocenters. The van der Waals surface area contributed by atoms with E-state index in [2.05, 4.69) is 10.6 Å². The number of fused-ring (bicyclic) bond motifs is 1. The van der Waals surface area contributed by atoms with Crippen molar-refractivity contribution >= 4 is 22.6 Å². The zero-order valence-electron chi connectivity index (χ0n) is 20.7. The number of amides is 1. The molecular weight excluding hydrogens is 454 g/mol. The van der Waals surface area contributed by atoms with Crippen molar-refractivity contribution < 1.29 is 19.0 Å². The van der Waals surface area contributed by atoms with Crippen molar-refractivity contribution in [3.05, 3.63) is 78.6 Å². The number of hydrogen-bond acceptors (Lipinski definition) is 5. The molecule has 0 N–H and O–H groups in total. The Bertz CT molecular complexity index is 1310. The van der Waals surface area contributed by atoms with Gasteiger partial charge in [-0.05, 0) is 74.0 Å². The van der Waals surface area contributed by atoms with Gasteiger partial charge < -0.3 is 23.7 Å². The molecule has 1 aliphatic heterocycles. The first kappa shape index (κ1) is 23.7. The lowest BCUT2D eigenvalue weighted by atomic mass is 10.1. The van der Waals surface area contributed by atoms with Gasteiger partial charge in [-0.1, -0.05) is 12.1 Å². The number of aryl methyl sites for hydroxylation is 1.